The molecule has 1 nitrogen and oxygen atoms in total. The van der Waals surface area contributed by atoms with Crippen LogP contribution in [0.25, 0.3) is 0 Å². The summed E-state index contributed by atoms with van der Waals surface area (Å²) in [5.74, 6) is 0. The van der Waals surface area contributed by atoms with E-state index in [1.165, 1.54) is 16.7 Å². The van der Waals surface area contributed by atoms with Crippen LogP contribution in [0.5, 0.6) is 0 Å². The van der Waals surface area contributed by atoms with Gasteiger partial charge in [-0.1, -0.05) is 52.3 Å². The van der Waals surface area contributed by atoms with E-state index in [-0.39, 0.29) is 11.5 Å². The molecule has 2 N–H and O–H groups in total. The van der Waals surface area contributed by atoms with Crippen LogP contribution >= 0.6 is 0 Å². The van der Waals surface area contributed by atoms with Gasteiger partial charge in [0.2, 0.25) is 0 Å². The summed E-state index contributed by atoms with van der Waals surface area (Å²) in [5, 5.41) is 0. The highest BCUT2D eigenvalue weighted by atomic mass is 14.6. The van der Waals surface area contributed by atoms with Crippen molar-refractivity contribution in [1.82, 2.24) is 0 Å². The van der Waals surface area contributed by atoms with E-state index in [0.717, 1.165) is 12.8 Å². The molecule has 0 aromatic heterocycles. The molecule has 0 bridgehead atoms. The molecule has 0 heterocycles. The zero-order valence-electron chi connectivity index (χ0n) is 11.3. The first kappa shape index (κ1) is 13.2. The van der Waals surface area contributed by atoms with Crippen LogP contribution in [-0.4, -0.2) is 0 Å². The molecule has 0 fully saturated rings. The smallest absolute Gasteiger partial charge is 0.0297 e. The number of hydrogen-bond acceptors (Lipinski definition) is 1. The highest BCUT2D eigenvalue weighted by Crippen LogP contribution is 2.27. The molecule has 0 aliphatic heterocycles. The normalized spacial score (nSPS) is 13.9. The Hall–Kier alpha value is -0.820. The van der Waals surface area contributed by atoms with Crippen LogP contribution in [0.3, 0.4) is 0 Å². The monoisotopic (exact) mass is 219 g/mol. The minimum absolute atomic E-state index is 0.187. The lowest BCUT2D eigenvalue weighted by Gasteiger charge is -2.22. The third-order valence-corrected chi connectivity index (χ3v) is 3.14. The lowest BCUT2D eigenvalue weighted by Crippen LogP contribution is -2.15. The summed E-state index contributed by atoms with van der Waals surface area (Å²) >= 11 is 0. The van der Waals surface area contributed by atoms with Crippen molar-refractivity contribution in [2.24, 2.45) is 5.73 Å². The molecule has 1 atom stereocenters. The van der Waals surface area contributed by atoms with Gasteiger partial charge in [-0.25, -0.2) is 0 Å². The maximum absolute atomic E-state index is 6.22. The molecule has 0 saturated carbocycles. The predicted octanol–water partition coefficient (Wildman–Crippen LogP) is 4.09. The summed E-state index contributed by atoms with van der Waals surface area (Å²) in [7, 11) is 0. The Labute approximate surface area is 100 Å². The predicted molar refractivity (Wildman–Crippen MR) is 71.7 cm³/mol. The molecule has 0 spiro atoms. The fourth-order valence-electron chi connectivity index (χ4n) is 1.97. The highest BCUT2D eigenvalue weighted by molar-refractivity contribution is 5.36. The number of hydrogen-bond donors (Lipinski definition) is 1. The van der Waals surface area contributed by atoms with Crippen LogP contribution < -0.4 is 5.73 Å². The molecule has 16 heavy (non-hydrogen) atoms. The Bertz CT molecular complexity index is 347. The fourth-order valence-corrected chi connectivity index (χ4v) is 1.97. The van der Waals surface area contributed by atoms with Crippen LogP contribution in [0.4, 0.5) is 0 Å². The van der Waals surface area contributed by atoms with Gasteiger partial charge < -0.3 is 5.73 Å². The van der Waals surface area contributed by atoms with E-state index in [2.05, 4.69) is 52.8 Å². The van der Waals surface area contributed by atoms with Crippen molar-refractivity contribution < 1.29 is 0 Å². The van der Waals surface area contributed by atoms with Crippen LogP contribution in [0.15, 0.2) is 18.2 Å². The summed E-state index contributed by atoms with van der Waals surface area (Å²) in [6.07, 6.45) is 2.20. The van der Waals surface area contributed by atoms with E-state index in [0.29, 0.717) is 0 Å². The van der Waals surface area contributed by atoms with E-state index in [1.54, 1.807) is 0 Å². The van der Waals surface area contributed by atoms with E-state index in [1.807, 2.05) is 0 Å². The second kappa shape index (κ2) is 5.01. The van der Waals surface area contributed by atoms with Crippen molar-refractivity contribution >= 4 is 0 Å². The zero-order chi connectivity index (χ0) is 12.3. The fraction of sp³-hybridized carbons (Fsp3) is 0.600. The van der Waals surface area contributed by atoms with Gasteiger partial charge >= 0.3 is 0 Å². The van der Waals surface area contributed by atoms with Crippen molar-refractivity contribution in [3.05, 3.63) is 34.9 Å². The lowest BCUT2D eigenvalue weighted by atomic mass is 9.84. The van der Waals surface area contributed by atoms with E-state index in [4.69, 9.17) is 5.73 Å². The van der Waals surface area contributed by atoms with E-state index >= 15 is 0 Å². The third kappa shape index (κ3) is 3.08. The summed E-state index contributed by atoms with van der Waals surface area (Å²) < 4.78 is 0. The molecule has 1 aromatic carbocycles. The van der Waals surface area contributed by atoms with Crippen LogP contribution in [0, 0.1) is 6.92 Å². The molecule has 1 heteroatoms. The molecule has 0 aliphatic carbocycles. The summed E-state index contributed by atoms with van der Waals surface area (Å²) in [4.78, 5) is 0. The van der Waals surface area contributed by atoms with E-state index < -0.39 is 0 Å². The van der Waals surface area contributed by atoms with Gasteiger partial charge in [0.05, 0.1) is 0 Å². The number of rotatable bonds is 3. The van der Waals surface area contributed by atoms with Gasteiger partial charge in [-0.05, 0) is 35.4 Å². The van der Waals surface area contributed by atoms with Crippen molar-refractivity contribution in [1.29, 1.82) is 0 Å². The van der Waals surface area contributed by atoms with Crippen molar-refractivity contribution in [2.45, 2.75) is 58.9 Å². The molecule has 0 radical (unpaired) electrons. The highest BCUT2D eigenvalue weighted by Gasteiger charge is 2.16. The first-order chi connectivity index (χ1) is 7.36. The van der Waals surface area contributed by atoms with Gasteiger partial charge in [0.15, 0.2) is 0 Å². The molecule has 0 amide bonds. The zero-order valence-corrected chi connectivity index (χ0v) is 11.3. The first-order valence-corrected chi connectivity index (χ1v) is 6.23. The average molecular weight is 219 g/mol. The minimum Gasteiger partial charge on any atom is -0.324 e. The standard InChI is InChI=1S/C15H25N/c1-6-7-14(16)13-10-12(15(3,4)5)9-8-11(13)2/h8-10,14H,6-7,16H2,1-5H3. The average Bonchev–Trinajstić information content (AvgIpc) is 2.16. The minimum atomic E-state index is 0.187. The van der Waals surface area contributed by atoms with Crippen molar-refractivity contribution in [3.8, 4) is 0 Å². The maximum atomic E-state index is 6.22. The molecule has 0 saturated heterocycles. The Morgan fingerprint density at radius 2 is 1.88 bits per heavy atom. The molecule has 1 aromatic rings. The lowest BCUT2D eigenvalue weighted by molar-refractivity contribution is 0.583. The second-order valence-corrected chi connectivity index (χ2v) is 5.72. The van der Waals surface area contributed by atoms with Crippen molar-refractivity contribution in [3.63, 3.8) is 0 Å². The molecular weight excluding hydrogens is 194 g/mol. The molecular formula is C15H25N. The summed E-state index contributed by atoms with van der Waals surface area (Å²) in [5.41, 5.74) is 10.4. The molecule has 1 rings (SSSR count). The number of benzene rings is 1. The molecule has 1 unspecified atom stereocenters. The quantitative estimate of drug-likeness (QED) is 0.814. The molecule has 90 valence electrons. The van der Waals surface area contributed by atoms with Gasteiger partial charge in [0.1, 0.15) is 0 Å². The first-order valence-electron chi connectivity index (χ1n) is 6.23. The second-order valence-electron chi connectivity index (χ2n) is 5.72. The Balaban J connectivity index is 3.09. The maximum Gasteiger partial charge on any atom is 0.0297 e. The van der Waals surface area contributed by atoms with Crippen LogP contribution in [-0.2, 0) is 5.41 Å². The third-order valence-electron chi connectivity index (χ3n) is 3.14. The number of nitrogens with two attached hydrogens (primary N) is 1. The summed E-state index contributed by atoms with van der Waals surface area (Å²) in [6.45, 7) is 11.1. The van der Waals surface area contributed by atoms with E-state index in [9.17, 15) is 0 Å². The SMILES string of the molecule is CCCC(N)c1cc(C(C)(C)C)ccc1C. The van der Waals surface area contributed by atoms with Gasteiger partial charge in [0.25, 0.3) is 0 Å². The van der Waals surface area contributed by atoms with Crippen molar-refractivity contribution in [2.75, 3.05) is 0 Å². The molecule has 0 aliphatic rings. The Kier molecular flexibility index (Phi) is 4.15. The largest absolute Gasteiger partial charge is 0.324 e. The Morgan fingerprint density at radius 1 is 1.25 bits per heavy atom. The van der Waals surface area contributed by atoms with Gasteiger partial charge in [-0.2, -0.15) is 0 Å². The van der Waals surface area contributed by atoms with Gasteiger partial charge in [-0.15, -0.1) is 0 Å². The topological polar surface area (TPSA) is 26.0 Å². The van der Waals surface area contributed by atoms with Gasteiger partial charge in [-0.3, -0.25) is 0 Å². The number of aryl methyl sites for hydroxylation is 1. The van der Waals surface area contributed by atoms with Crippen LogP contribution in [0.2, 0.25) is 0 Å². The summed E-state index contributed by atoms with van der Waals surface area (Å²) in [6, 6.07) is 6.89. The Morgan fingerprint density at radius 3 is 2.38 bits per heavy atom. The van der Waals surface area contributed by atoms with Gasteiger partial charge in [0, 0.05) is 6.04 Å². The van der Waals surface area contributed by atoms with Crippen LogP contribution in [0.1, 0.15) is 63.3 Å².